The van der Waals surface area contributed by atoms with Crippen LogP contribution in [0.3, 0.4) is 0 Å². The minimum absolute atomic E-state index is 0.142. The smallest absolute Gasteiger partial charge is 0.445 e. The largest absolute Gasteiger partial charge is 0.481 e. The minimum atomic E-state index is -4.55. The number of halogens is 3. The molecule has 2 aromatic rings. The summed E-state index contributed by atoms with van der Waals surface area (Å²) in [5, 5.41) is 13.5. The fourth-order valence-electron chi connectivity index (χ4n) is 1.32. The van der Waals surface area contributed by atoms with Crippen LogP contribution in [0.2, 0.25) is 0 Å². The minimum Gasteiger partial charge on any atom is -0.481 e. The van der Waals surface area contributed by atoms with Gasteiger partial charge in [0.2, 0.25) is 5.01 Å². The molecule has 1 N–H and O–H groups in total. The molecular formula is C11H7F3N2O3S. The second-order valence-electron chi connectivity index (χ2n) is 3.69. The lowest BCUT2D eigenvalue weighted by Crippen LogP contribution is -2.03. The summed E-state index contributed by atoms with van der Waals surface area (Å²) < 4.78 is 42.0. The van der Waals surface area contributed by atoms with Crippen LogP contribution in [0.4, 0.5) is 13.2 Å². The normalized spacial score (nSPS) is 11.3. The van der Waals surface area contributed by atoms with Gasteiger partial charge in [-0.2, -0.15) is 13.2 Å². The summed E-state index contributed by atoms with van der Waals surface area (Å²) in [5.74, 6) is -0.721. The van der Waals surface area contributed by atoms with E-state index in [1.54, 1.807) is 0 Å². The van der Waals surface area contributed by atoms with Crippen molar-refractivity contribution in [3.8, 4) is 10.9 Å². The van der Waals surface area contributed by atoms with Crippen molar-refractivity contribution in [2.75, 3.05) is 0 Å². The third-order valence-corrected chi connectivity index (χ3v) is 2.98. The molecule has 1 heterocycles. The number of nitrogens with zero attached hydrogens (tertiary/aromatic N) is 2. The highest BCUT2D eigenvalue weighted by Crippen LogP contribution is 2.35. The van der Waals surface area contributed by atoms with Crippen molar-refractivity contribution in [2.24, 2.45) is 0 Å². The van der Waals surface area contributed by atoms with Crippen LogP contribution in [-0.2, 0) is 17.4 Å². The molecule has 9 heteroatoms. The summed E-state index contributed by atoms with van der Waals surface area (Å²) in [6.45, 7) is 0. The first-order chi connectivity index (χ1) is 9.34. The molecule has 0 aliphatic carbocycles. The van der Waals surface area contributed by atoms with Gasteiger partial charge in [-0.1, -0.05) is 28.6 Å². The molecule has 0 saturated carbocycles. The summed E-state index contributed by atoms with van der Waals surface area (Å²) in [7, 11) is 0. The summed E-state index contributed by atoms with van der Waals surface area (Å²) in [6.07, 6.45) is -4.69. The number of rotatable bonds is 4. The molecule has 0 saturated heterocycles. The Balaban J connectivity index is 2.06. The van der Waals surface area contributed by atoms with Crippen LogP contribution in [0.15, 0.2) is 24.3 Å². The Bertz CT molecular complexity index is 610. The van der Waals surface area contributed by atoms with Gasteiger partial charge in [0.1, 0.15) is 5.75 Å². The first-order valence-corrected chi connectivity index (χ1v) is 6.05. The predicted molar refractivity (Wildman–Crippen MR) is 62.8 cm³/mol. The van der Waals surface area contributed by atoms with E-state index in [-0.39, 0.29) is 28.7 Å². The van der Waals surface area contributed by atoms with Crippen molar-refractivity contribution in [2.45, 2.75) is 12.6 Å². The van der Waals surface area contributed by atoms with Crippen LogP contribution in [0, 0.1) is 0 Å². The van der Waals surface area contributed by atoms with Gasteiger partial charge in [0.25, 0.3) is 5.19 Å². The number of carbonyl (C=O) groups is 1. The fourth-order valence-corrected chi connectivity index (χ4v) is 1.90. The monoisotopic (exact) mass is 304 g/mol. The number of aromatic nitrogens is 2. The summed E-state index contributed by atoms with van der Waals surface area (Å²) in [6, 6.07) is 5.92. The highest BCUT2D eigenvalue weighted by molar-refractivity contribution is 7.13. The first kappa shape index (κ1) is 14.3. The van der Waals surface area contributed by atoms with Crippen LogP contribution in [0.5, 0.6) is 10.9 Å². The molecule has 0 bridgehead atoms. The van der Waals surface area contributed by atoms with Gasteiger partial charge in [-0.3, -0.25) is 4.79 Å². The zero-order valence-electron chi connectivity index (χ0n) is 9.72. The molecular weight excluding hydrogens is 297 g/mol. The molecule has 0 amide bonds. The molecule has 0 radical (unpaired) electrons. The average Bonchev–Trinajstić information content (AvgIpc) is 2.79. The number of benzene rings is 1. The molecule has 5 nitrogen and oxygen atoms in total. The average molecular weight is 304 g/mol. The second kappa shape index (κ2) is 5.45. The van der Waals surface area contributed by atoms with Gasteiger partial charge >= 0.3 is 12.1 Å². The van der Waals surface area contributed by atoms with E-state index >= 15 is 0 Å². The van der Waals surface area contributed by atoms with Crippen molar-refractivity contribution >= 4 is 17.3 Å². The molecule has 20 heavy (non-hydrogen) atoms. The van der Waals surface area contributed by atoms with Gasteiger partial charge in [-0.15, -0.1) is 5.10 Å². The van der Waals surface area contributed by atoms with Crippen molar-refractivity contribution in [1.29, 1.82) is 0 Å². The molecule has 1 aromatic carbocycles. The number of alkyl halides is 3. The molecule has 0 unspecified atom stereocenters. The molecule has 0 fully saturated rings. The summed E-state index contributed by atoms with van der Waals surface area (Å²) in [5.41, 5.74) is 0.554. The number of hydrogen-bond acceptors (Lipinski definition) is 5. The van der Waals surface area contributed by atoms with E-state index in [1.165, 1.54) is 24.3 Å². The second-order valence-corrected chi connectivity index (χ2v) is 4.63. The van der Waals surface area contributed by atoms with Gasteiger partial charge in [-0.05, 0) is 17.7 Å². The molecule has 106 valence electrons. The van der Waals surface area contributed by atoms with Crippen molar-refractivity contribution in [3.63, 3.8) is 0 Å². The van der Waals surface area contributed by atoms with Crippen LogP contribution >= 0.6 is 11.3 Å². The summed E-state index contributed by atoms with van der Waals surface area (Å²) >= 11 is 0.286. The standard InChI is InChI=1S/C11H7F3N2O3S/c12-11(13,14)9-15-16-10(20-9)19-7-3-1-6(2-4-7)5-8(17)18/h1-4H,5H2,(H,17,18). The zero-order valence-corrected chi connectivity index (χ0v) is 10.5. The maximum absolute atomic E-state index is 12.3. The number of ether oxygens (including phenoxy) is 1. The van der Waals surface area contributed by atoms with Gasteiger partial charge in [0.15, 0.2) is 0 Å². The Kier molecular flexibility index (Phi) is 3.89. The maximum atomic E-state index is 12.3. The molecule has 0 atom stereocenters. The summed E-state index contributed by atoms with van der Waals surface area (Å²) in [4.78, 5) is 10.5. The van der Waals surface area contributed by atoms with E-state index in [1.807, 2.05) is 0 Å². The highest BCUT2D eigenvalue weighted by Gasteiger charge is 2.36. The fraction of sp³-hybridized carbons (Fsp3) is 0.182. The van der Waals surface area contributed by atoms with E-state index in [0.29, 0.717) is 5.56 Å². The molecule has 0 spiro atoms. The lowest BCUT2D eigenvalue weighted by Gasteiger charge is -2.02. The zero-order chi connectivity index (χ0) is 14.8. The molecule has 0 aliphatic heterocycles. The van der Waals surface area contributed by atoms with Crippen LogP contribution < -0.4 is 4.74 Å². The van der Waals surface area contributed by atoms with E-state index in [0.717, 1.165) is 0 Å². The van der Waals surface area contributed by atoms with E-state index < -0.39 is 17.2 Å². The predicted octanol–water partition coefficient (Wildman–Crippen LogP) is 2.98. The van der Waals surface area contributed by atoms with E-state index in [2.05, 4.69) is 10.2 Å². The number of carboxylic acid groups (broad SMARTS) is 1. The lowest BCUT2D eigenvalue weighted by atomic mass is 10.1. The Morgan fingerprint density at radius 3 is 2.40 bits per heavy atom. The topological polar surface area (TPSA) is 72.3 Å². The van der Waals surface area contributed by atoms with Gasteiger partial charge in [-0.25, -0.2) is 0 Å². The Hall–Kier alpha value is -2.16. The third kappa shape index (κ3) is 3.67. The first-order valence-electron chi connectivity index (χ1n) is 5.24. The Labute approximate surface area is 114 Å². The Morgan fingerprint density at radius 2 is 1.90 bits per heavy atom. The molecule has 2 rings (SSSR count). The van der Waals surface area contributed by atoms with E-state index in [9.17, 15) is 18.0 Å². The molecule has 0 aliphatic rings. The number of aliphatic carboxylic acids is 1. The van der Waals surface area contributed by atoms with Gasteiger partial charge in [0, 0.05) is 0 Å². The van der Waals surface area contributed by atoms with Crippen LogP contribution in [0.1, 0.15) is 10.6 Å². The van der Waals surface area contributed by atoms with Crippen molar-refractivity contribution in [1.82, 2.24) is 10.2 Å². The maximum Gasteiger partial charge on any atom is 0.445 e. The van der Waals surface area contributed by atoms with Gasteiger partial charge in [0.05, 0.1) is 6.42 Å². The number of carboxylic acids is 1. The van der Waals surface area contributed by atoms with Crippen LogP contribution in [0.25, 0.3) is 0 Å². The van der Waals surface area contributed by atoms with E-state index in [4.69, 9.17) is 9.84 Å². The quantitative estimate of drug-likeness (QED) is 0.940. The van der Waals surface area contributed by atoms with Crippen molar-refractivity contribution < 1.29 is 27.8 Å². The SMILES string of the molecule is O=C(O)Cc1ccc(Oc2nnc(C(F)(F)F)s2)cc1. The van der Waals surface area contributed by atoms with Crippen molar-refractivity contribution in [3.05, 3.63) is 34.8 Å². The van der Waals surface area contributed by atoms with Gasteiger partial charge < -0.3 is 9.84 Å². The highest BCUT2D eigenvalue weighted by atomic mass is 32.1. The Morgan fingerprint density at radius 1 is 1.25 bits per heavy atom. The van der Waals surface area contributed by atoms with Crippen LogP contribution in [-0.4, -0.2) is 21.3 Å². The number of hydrogen-bond donors (Lipinski definition) is 1. The lowest BCUT2D eigenvalue weighted by molar-refractivity contribution is -0.138. The molecule has 1 aromatic heterocycles. The third-order valence-electron chi connectivity index (χ3n) is 2.13.